The average molecular weight is 415 g/mol. The third-order valence-electron chi connectivity index (χ3n) is 7.10. The van der Waals surface area contributed by atoms with Crippen molar-refractivity contribution in [3.05, 3.63) is 0 Å². The molecule has 10 atom stereocenters. The van der Waals surface area contributed by atoms with Crippen molar-refractivity contribution in [2.75, 3.05) is 6.61 Å². The molecule has 0 aromatic rings. The zero-order chi connectivity index (χ0) is 21.1. The van der Waals surface area contributed by atoms with E-state index in [0.717, 1.165) is 6.42 Å². The molecule has 0 saturated carbocycles. The fourth-order valence-electron chi connectivity index (χ4n) is 5.10. The summed E-state index contributed by atoms with van der Waals surface area (Å²) < 4.78 is 43.3. The lowest BCUT2D eigenvalue weighted by Crippen LogP contribution is -2.51. The molecule has 0 aromatic heterocycles. The van der Waals surface area contributed by atoms with Crippen LogP contribution in [-0.4, -0.2) is 61.3 Å². The largest absolute Gasteiger partial charge is 0.349 e. The van der Waals surface area contributed by atoms with E-state index in [1.165, 1.54) is 0 Å². The minimum absolute atomic E-state index is 0.185. The lowest BCUT2D eigenvalue weighted by molar-refractivity contribution is -0.292. The minimum Gasteiger partial charge on any atom is -0.349 e. The van der Waals surface area contributed by atoms with Gasteiger partial charge in [-0.3, -0.25) is 0 Å². The highest BCUT2D eigenvalue weighted by Crippen LogP contribution is 2.44. The van der Waals surface area contributed by atoms with Crippen LogP contribution in [0.25, 0.3) is 0 Å². The maximum Gasteiger partial charge on any atom is 0.190 e. The van der Waals surface area contributed by atoms with Crippen molar-refractivity contribution in [3.8, 4) is 0 Å². The standard InChI is InChI=1S/C22H38O7/c1-9-14-12(3)11(2)13(4)19(24-14)26-17-16(15-10-23-21(5,6)27-15)25-20-18(17)28-22(7,8)29-20/h11-20H,9-10H2,1-8H3/t11?,12?,13?,14?,15?,16-,17?,18+,19?,20-/m1/s1. The van der Waals surface area contributed by atoms with Gasteiger partial charge in [-0.2, -0.15) is 0 Å². The normalized spacial score (nSPS) is 51.3. The second-order valence-electron chi connectivity index (χ2n) is 10.1. The highest BCUT2D eigenvalue weighted by molar-refractivity contribution is 4.99. The molecule has 0 N–H and O–H groups in total. The lowest BCUT2D eigenvalue weighted by atomic mass is 9.78. The molecule has 7 unspecified atom stereocenters. The van der Waals surface area contributed by atoms with Gasteiger partial charge in [0.2, 0.25) is 0 Å². The predicted octanol–water partition coefficient (Wildman–Crippen LogP) is 3.44. The second kappa shape index (κ2) is 7.69. The molecule has 0 radical (unpaired) electrons. The molecule has 4 fully saturated rings. The lowest BCUT2D eigenvalue weighted by Gasteiger charge is -2.44. The topological polar surface area (TPSA) is 64.6 Å². The van der Waals surface area contributed by atoms with E-state index in [-0.39, 0.29) is 42.7 Å². The predicted molar refractivity (Wildman–Crippen MR) is 105 cm³/mol. The molecule has 29 heavy (non-hydrogen) atoms. The zero-order valence-corrected chi connectivity index (χ0v) is 19.0. The van der Waals surface area contributed by atoms with Gasteiger partial charge in [0.1, 0.15) is 24.4 Å². The smallest absolute Gasteiger partial charge is 0.190 e. The first-order valence-corrected chi connectivity index (χ1v) is 11.1. The Morgan fingerprint density at radius 3 is 2.17 bits per heavy atom. The molecule has 0 amide bonds. The van der Waals surface area contributed by atoms with Crippen molar-refractivity contribution in [2.45, 2.75) is 116 Å². The van der Waals surface area contributed by atoms with Gasteiger partial charge in [0.05, 0.1) is 12.7 Å². The van der Waals surface area contributed by atoms with Crippen LogP contribution in [0.15, 0.2) is 0 Å². The van der Waals surface area contributed by atoms with Crippen LogP contribution in [0.2, 0.25) is 0 Å². The van der Waals surface area contributed by atoms with Gasteiger partial charge >= 0.3 is 0 Å². The SMILES string of the molecule is CCC1OC(OC2[C@@H](C3COC(C)(C)O3)O[C@@H]3OC(C)(C)O[C@@H]23)C(C)C(C)C1C. The number of hydrogen-bond acceptors (Lipinski definition) is 7. The number of rotatable bonds is 4. The number of ether oxygens (including phenoxy) is 7. The molecule has 4 aliphatic heterocycles. The van der Waals surface area contributed by atoms with Crippen LogP contribution in [-0.2, 0) is 33.2 Å². The maximum atomic E-state index is 6.63. The summed E-state index contributed by atoms with van der Waals surface area (Å²) in [5, 5.41) is 0. The number of hydrogen-bond donors (Lipinski definition) is 0. The van der Waals surface area contributed by atoms with E-state index in [1.807, 2.05) is 27.7 Å². The summed E-state index contributed by atoms with van der Waals surface area (Å²) in [7, 11) is 0. The summed E-state index contributed by atoms with van der Waals surface area (Å²) in [6, 6.07) is 0. The van der Waals surface area contributed by atoms with Crippen molar-refractivity contribution in [2.24, 2.45) is 17.8 Å². The van der Waals surface area contributed by atoms with Gasteiger partial charge in [-0.05, 0) is 46.0 Å². The van der Waals surface area contributed by atoms with Crippen LogP contribution >= 0.6 is 0 Å². The van der Waals surface area contributed by atoms with E-state index in [1.54, 1.807) is 0 Å². The molecular weight excluding hydrogens is 376 g/mol. The highest BCUT2D eigenvalue weighted by atomic mass is 16.9. The Morgan fingerprint density at radius 2 is 1.55 bits per heavy atom. The van der Waals surface area contributed by atoms with E-state index in [4.69, 9.17) is 33.2 Å². The summed E-state index contributed by atoms with van der Waals surface area (Å²) in [4.78, 5) is 0. The van der Waals surface area contributed by atoms with Crippen LogP contribution in [0.1, 0.15) is 61.8 Å². The van der Waals surface area contributed by atoms with Crippen molar-refractivity contribution in [1.29, 1.82) is 0 Å². The molecule has 0 spiro atoms. The molecular formula is C22H38O7. The third kappa shape index (κ3) is 4.12. The van der Waals surface area contributed by atoms with E-state index < -0.39 is 17.9 Å². The van der Waals surface area contributed by atoms with E-state index in [0.29, 0.717) is 18.4 Å². The Balaban J connectivity index is 1.54. The average Bonchev–Trinajstić information content (AvgIpc) is 3.25. The summed E-state index contributed by atoms with van der Waals surface area (Å²) in [6.45, 7) is 17.0. The summed E-state index contributed by atoms with van der Waals surface area (Å²) in [5.41, 5.74) is 0. The maximum absolute atomic E-state index is 6.63. The van der Waals surface area contributed by atoms with Crippen molar-refractivity contribution < 1.29 is 33.2 Å². The molecule has 4 aliphatic rings. The Hall–Kier alpha value is -0.280. The van der Waals surface area contributed by atoms with E-state index >= 15 is 0 Å². The monoisotopic (exact) mass is 414 g/mol. The minimum atomic E-state index is -0.707. The van der Waals surface area contributed by atoms with E-state index in [2.05, 4.69) is 27.7 Å². The summed E-state index contributed by atoms with van der Waals surface area (Å²) in [5.74, 6) is -0.0856. The van der Waals surface area contributed by atoms with Crippen LogP contribution < -0.4 is 0 Å². The first kappa shape index (κ1) is 21.9. The molecule has 0 aromatic carbocycles. The van der Waals surface area contributed by atoms with Gasteiger partial charge in [0.15, 0.2) is 24.2 Å². The first-order chi connectivity index (χ1) is 13.5. The molecule has 7 nitrogen and oxygen atoms in total. The van der Waals surface area contributed by atoms with Gasteiger partial charge < -0.3 is 33.2 Å². The highest BCUT2D eigenvalue weighted by Gasteiger charge is 2.60. The number of fused-ring (bicyclic) bond motifs is 1. The van der Waals surface area contributed by atoms with Gasteiger partial charge in [-0.1, -0.05) is 27.7 Å². The first-order valence-electron chi connectivity index (χ1n) is 11.1. The van der Waals surface area contributed by atoms with Crippen molar-refractivity contribution in [1.82, 2.24) is 0 Å². The molecule has 0 aliphatic carbocycles. The second-order valence-corrected chi connectivity index (χ2v) is 10.1. The Morgan fingerprint density at radius 1 is 0.828 bits per heavy atom. The molecule has 4 heterocycles. The molecule has 4 rings (SSSR count). The van der Waals surface area contributed by atoms with Crippen LogP contribution in [0, 0.1) is 17.8 Å². The summed E-state index contributed by atoms with van der Waals surface area (Å²) in [6.07, 6.45) is -0.905. The third-order valence-corrected chi connectivity index (χ3v) is 7.10. The van der Waals surface area contributed by atoms with Crippen molar-refractivity contribution >= 4 is 0 Å². The molecule has 0 bridgehead atoms. The summed E-state index contributed by atoms with van der Waals surface area (Å²) >= 11 is 0. The Bertz CT molecular complexity index is 592. The van der Waals surface area contributed by atoms with Gasteiger partial charge in [-0.15, -0.1) is 0 Å². The fourth-order valence-corrected chi connectivity index (χ4v) is 5.10. The molecule has 4 saturated heterocycles. The van der Waals surface area contributed by atoms with E-state index in [9.17, 15) is 0 Å². The molecule has 168 valence electrons. The van der Waals surface area contributed by atoms with Crippen LogP contribution in [0.5, 0.6) is 0 Å². The molecule has 7 heteroatoms. The Labute approximate surface area is 174 Å². The quantitative estimate of drug-likeness (QED) is 0.698. The fraction of sp³-hybridized carbons (Fsp3) is 1.00. The zero-order valence-electron chi connectivity index (χ0n) is 19.0. The van der Waals surface area contributed by atoms with Crippen LogP contribution in [0.4, 0.5) is 0 Å². The van der Waals surface area contributed by atoms with Crippen molar-refractivity contribution in [3.63, 3.8) is 0 Å². The van der Waals surface area contributed by atoms with Gasteiger partial charge in [0, 0.05) is 5.92 Å². The van der Waals surface area contributed by atoms with Gasteiger partial charge in [-0.25, -0.2) is 0 Å². The Kier molecular flexibility index (Phi) is 5.82. The van der Waals surface area contributed by atoms with Crippen LogP contribution in [0.3, 0.4) is 0 Å². The van der Waals surface area contributed by atoms with Gasteiger partial charge in [0.25, 0.3) is 0 Å².